The lowest BCUT2D eigenvalue weighted by molar-refractivity contribution is 0.627. The van der Waals surface area contributed by atoms with Gasteiger partial charge in [-0.1, -0.05) is 13.3 Å². The Morgan fingerprint density at radius 2 is 2.16 bits per heavy atom. The van der Waals surface area contributed by atoms with E-state index in [1.807, 2.05) is 29.5 Å². The molecule has 0 spiro atoms. The van der Waals surface area contributed by atoms with E-state index in [-0.39, 0.29) is 11.4 Å². The molecule has 3 nitrogen and oxygen atoms in total. The molecule has 0 aliphatic carbocycles. The Morgan fingerprint density at radius 1 is 1.42 bits per heavy atom. The molecule has 0 bridgehead atoms. The fraction of sp³-hybridized carbons (Fsp3) is 0.286. The lowest BCUT2D eigenvalue weighted by atomic mass is 10.1. The summed E-state index contributed by atoms with van der Waals surface area (Å²) >= 11 is 2.01. The minimum atomic E-state index is -0.289. The number of aromatic nitrogens is 2. The van der Waals surface area contributed by atoms with Crippen LogP contribution in [-0.2, 0) is 6.42 Å². The van der Waals surface area contributed by atoms with E-state index in [2.05, 4.69) is 9.97 Å². The number of hydrogen-bond acceptors (Lipinski definition) is 2. The second-order valence-corrected chi connectivity index (χ2v) is 5.46. The second-order valence-electron chi connectivity index (χ2n) is 4.38. The highest BCUT2D eigenvalue weighted by Gasteiger charge is 2.11. The van der Waals surface area contributed by atoms with Gasteiger partial charge in [-0.15, -0.1) is 0 Å². The summed E-state index contributed by atoms with van der Waals surface area (Å²) < 4.78 is 13.7. The molecular weight excluding hydrogens is 358 g/mol. The van der Waals surface area contributed by atoms with E-state index in [1.165, 1.54) is 12.1 Å². The Kier molecular flexibility index (Phi) is 4.34. The molecule has 2 aromatic rings. The van der Waals surface area contributed by atoms with Gasteiger partial charge >= 0.3 is 0 Å². The predicted molar refractivity (Wildman–Crippen MR) is 81.7 cm³/mol. The molecule has 1 heterocycles. The van der Waals surface area contributed by atoms with Crippen LogP contribution < -0.4 is 5.56 Å². The van der Waals surface area contributed by atoms with E-state index < -0.39 is 0 Å². The summed E-state index contributed by atoms with van der Waals surface area (Å²) in [5.41, 5.74) is 2.17. The van der Waals surface area contributed by atoms with Gasteiger partial charge in [-0.2, -0.15) is 0 Å². The van der Waals surface area contributed by atoms with Crippen molar-refractivity contribution in [2.45, 2.75) is 26.7 Å². The van der Waals surface area contributed by atoms with Crippen LogP contribution in [0, 0.1) is 16.3 Å². The molecular formula is C14H14FIN2O. The number of halogens is 2. The highest BCUT2D eigenvalue weighted by molar-refractivity contribution is 14.1. The van der Waals surface area contributed by atoms with Crippen LogP contribution in [0.25, 0.3) is 11.4 Å². The molecule has 2 rings (SSSR count). The number of nitrogens with zero attached hydrogens (tertiary/aromatic N) is 1. The molecule has 19 heavy (non-hydrogen) atoms. The number of aryl methyl sites for hydroxylation is 2. The van der Waals surface area contributed by atoms with Gasteiger partial charge in [0.05, 0.1) is 9.26 Å². The molecule has 0 saturated heterocycles. The summed E-state index contributed by atoms with van der Waals surface area (Å²) in [5, 5.41) is 0. The lowest BCUT2D eigenvalue weighted by Crippen LogP contribution is -2.16. The zero-order valence-electron chi connectivity index (χ0n) is 10.8. The fourth-order valence-electron chi connectivity index (χ4n) is 1.93. The van der Waals surface area contributed by atoms with Crippen molar-refractivity contribution in [3.8, 4) is 11.4 Å². The summed E-state index contributed by atoms with van der Waals surface area (Å²) in [5.74, 6) is 0.217. The van der Waals surface area contributed by atoms with Crippen LogP contribution in [-0.4, -0.2) is 9.97 Å². The Bertz CT molecular complexity index is 667. The van der Waals surface area contributed by atoms with Crippen LogP contribution >= 0.6 is 22.6 Å². The Labute approximate surface area is 124 Å². The summed E-state index contributed by atoms with van der Waals surface area (Å²) in [6, 6.07) is 4.46. The van der Waals surface area contributed by atoms with Gasteiger partial charge in [-0.3, -0.25) is 4.79 Å². The molecule has 0 amide bonds. The number of hydrogen-bond donors (Lipinski definition) is 1. The molecule has 0 aliphatic rings. The molecule has 0 atom stereocenters. The number of aromatic amines is 1. The third-order valence-corrected chi connectivity index (χ3v) is 3.97. The average molecular weight is 372 g/mol. The standard InChI is InChI=1S/C14H14FIN2O/c1-3-4-11-12(16)14(19)18-13(17-11)10-6-5-9(15)7-8(10)2/h5-7H,3-4H2,1-2H3,(H,17,18,19). The van der Waals surface area contributed by atoms with Gasteiger partial charge in [0, 0.05) is 5.56 Å². The number of H-pyrrole nitrogens is 1. The van der Waals surface area contributed by atoms with Crippen LogP contribution in [0.3, 0.4) is 0 Å². The van der Waals surface area contributed by atoms with Crippen LogP contribution in [0.5, 0.6) is 0 Å². The zero-order chi connectivity index (χ0) is 14.0. The molecule has 1 aromatic heterocycles. The first-order valence-corrected chi connectivity index (χ1v) is 7.16. The minimum absolute atomic E-state index is 0.141. The molecule has 0 fully saturated rings. The van der Waals surface area contributed by atoms with Crippen molar-refractivity contribution < 1.29 is 4.39 Å². The summed E-state index contributed by atoms with van der Waals surface area (Å²) in [4.78, 5) is 19.2. The monoisotopic (exact) mass is 372 g/mol. The molecule has 1 aromatic carbocycles. The van der Waals surface area contributed by atoms with Gasteiger partial charge in [0.15, 0.2) is 0 Å². The maximum atomic E-state index is 13.1. The van der Waals surface area contributed by atoms with Gasteiger partial charge in [-0.25, -0.2) is 9.37 Å². The van der Waals surface area contributed by atoms with Crippen LogP contribution in [0.15, 0.2) is 23.0 Å². The number of benzene rings is 1. The SMILES string of the molecule is CCCc1nc(-c2ccc(F)cc2C)[nH]c(=O)c1I. The normalized spacial score (nSPS) is 10.7. The van der Waals surface area contributed by atoms with E-state index >= 15 is 0 Å². The first-order chi connectivity index (χ1) is 9.02. The van der Waals surface area contributed by atoms with Crippen molar-refractivity contribution in [2.75, 3.05) is 0 Å². The Balaban J connectivity index is 2.59. The van der Waals surface area contributed by atoms with Crippen molar-refractivity contribution in [2.24, 2.45) is 0 Å². The average Bonchev–Trinajstić information content (AvgIpc) is 2.35. The van der Waals surface area contributed by atoms with Crippen molar-refractivity contribution in [3.05, 3.63) is 49.2 Å². The van der Waals surface area contributed by atoms with Gasteiger partial charge in [0.2, 0.25) is 0 Å². The zero-order valence-corrected chi connectivity index (χ0v) is 12.9. The quantitative estimate of drug-likeness (QED) is 0.840. The number of nitrogens with one attached hydrogen (secondary N) is 1. The van der Waals surface area contributed by atoms with Crippen LogP contribution in [0.2, 0.25) is 0 Å². The van der Waals surface area contributed by atoms with E-state index in [9.17, 15) is 9.18 Å². The maximum absolute atomic E-state index is 13.1. The molecule has 0 saturated carbocycles. The first kappa shape index (κ1) is 14.2. The predicted octanol–water partition coefficient (Wildman–Crippen LogP) is 3.44. The van der Waals surface area contributed by atoms with E-state index in [4.69, 9.17) is 0 Å². The van der Waals surface area contributed by atoms with Crippen molar-refractivity contribution >= 4 is 22.6 Å². The third-order valence-electron chi connectivity index (χ3n) is 2.86. The molecule has 0 unspecified atom stereocenters. The smallest absolute Gasteiger partial charge is 0.264 e. The lowest BCUT2D eigenvalue weighted by Gasteiger charge is -2.08. The molecule has 100 valence electrons. The van der Waals surface area contributed by atoms with Crippen molar-refractivity contribution in [1.82, 2.24) is 9.97 Å². The number of rotatable bonds is 3. The second kappa shape index (κ2) is 5.81. The van der Waals surface area contributed by atoms with Gasteiger partial charge in [0.25, 0.3) is 5.56 Å². The molecule has 5 heteroatoms. The van der Waals surface area contributed by atoms with Gasteiger partial charge in [0.1, 0.15) is 11.6 Å². The summed E-state index contributed by atoms with van der Waals surface area (Å²) in [7, 11) is 0. The highest BCUT2D eigenvalue weighted by Crippen LogP contribution is 2.21. The topological polar surface area (TPSA) is 45.8 Å². The van der Waals surface area contributed by atoms with Crippen LogP contribution in [0.4, 0.5) is 4.39 Å². The summed E-state index contributed by atoms with van der Waals surface area (Å²) in [6.45, 7) is 3.84. The molecule has 1 N–H and O–H groups in total. The van der Waals surface area contributed by atoms with Gasteiger partial charge in [-0.05, 0) is 59.7 Å². The molecule has 0 radical (unpaired) electrons. The third kappa shape index (κ3) is 3.02. The van der Waals surface area contributed by atoms with Crippen molar-refractivity contribution in [1.29, 1.82) is 0 Å². The van der Waals surface area contributed by atoms with Crippen molar-refractivity contribution in [3.63, 3.8) is 0 Å². The maximum Gasteiger partial charge on any atom is 0.264 e. The largest absolute Gasteiger partial charge is 0.306 e. The minimum Gasteiger partial charge on any atom is -0.306 e. The van der Waals surface area contributed by atoms with E-state index in [1.54, 1.807) is 13.0 Å². The fourth-order valence-corrected chi connectivity index (χ4v) is 2.45. The van der Waals surface area contributed by atoms with E-state index in [0.717, 1.165) is 29.7 Å². The summed E-state index contributed by atoms with van der Waals surface area (Å²) in [6.07, 6.45) is 1.68. The van der Waals surface area contributed by atoms with Gasteiger partial charge < -0.3 is 4.98 Å². The first-order valence-electron chi connectivity index (χ1n) is 6.08. The van der Waals surface area contributed by atoms with E-state index in [0.29, 0.717) is 9.39 Å². The Morgan fingerprint density at radius 3 is 2.79 bits per heavy atom. The Hall–Kier alpha value is -1.24. The highest BCUT2D eigenvalue weighted by atomic mass is 127. The molecule has 0 aliphatic heterocycles. The van der Waals surface area contributed by atoms with Crippen LogP contribution in [0.1, 0.15) is 24.6 Å².